The molecule has 2 unspecified atom stereocenters. The van der Waals surface area contributed by atoms with Gasteiger partial charge in [0.15, 0.2) is 24.1 Å². The van der Waals surface area contributed by atoms with Crippen molar-refractivity contribution in [3.63, 3.8) is 0 Å². The van der Waals surface area contributed by atoms with E-state index in [2.05, 4.69) is 6.58 Å². The van der Waals surface area contributed by atoms with E-state index in [9.17, 15) is 49.1 Å². The molecule has 2 fully saturated rings. The van der Waals surface area contributed by atoms with E-state index in [4.69, 9.17) is 42.9 Å². The van der Waals surface area contributed by atoms with Crippen molar-refractivity contribution in [1.82, 2.24) is 4.98 Å². The third-order valence-corrected chi connectivity index (χ3v) is 14.5. The van der Waals surface area contributed by atoms with Gasteiger partial charge in [0.1, 0.15) is 26.7 Å². The van der Waals surface area contributed by atoms with Gasteiger partial charge < -0.3 is 48.1 Å². The summed E-state index contributed by atoms with van der Waals surface area (Å²) in [7, 11) is 0. The molecule has 21 heteroatoms. The van der Waals surface area contributed by atoms with Gasteiger partial charge in [-0.1, -0.05) is 13.5 Å². The van der Waals surface area contributed by atoms with Gasteiger partial charge in [-0.05, 0) is 156 Å². The smallest absolute Gasteiger partial charge is 0.338 e. The molecule has 2 aliphatic carbocycles. The number of benzene rings is 4. The van der Waals surface area contributed by atoms with Crippen molar-refractivity contribution in [2.24, 2.45) is 23.7 Å². The maximum absolute atomic E-state index is 13.7. The Morgan fingerprint density at radius 3 is 1.68 bits per heavy atom. The standard InChI is InChI=1S/C57H62N2O18S/c1-3-47(60)70-31-5-7-33-72-52(62)36-19-25-43(26-20-36)74-54(64)38-9-13-40(14-10-38)56(66)76-45-29-30-46(50-49(45)58-51(78-50)35-17-23-42(24-18-35)59(68)69)77-57(67)41-15-11-39(12-16-41)55(65)75-44-27-21-37(22-28-44)53(63)73-34-8-6-32-71-48(61)4-2/h4,17-30,38-41,47,54,60,64H,2-3,5-16,31-34H2,1H3. The van der Waals surface area contributed by atoms with Crippen LogP contribution in [0.1, 0.15) is 111 Å². The molecule has 1 heterocycles. The van der Waals surface area contributed by atoms with E-state index in [-0.39, 0.29) is 59.8 Å². The van der Waals surface area contributed by atoms with Gasteiger partial charge in [-0.15, -0.1) is 11.3 Å². The van der Waals surface area contributed by atoms with Gasteiger partial charge in [0, 0.05) is 36.3 Å². The molecule has 2 saturated carbocycles. The second-order valence-electron chi connectivity index (χ2n) is 18.8. The third-order valence-electron chi connectivity index (χ3n) is 13.4. The van der Waals surface area contributed by atoms with Crippen molar-refractivity contribution in [3.8, 4) is 33.6 Å². The number of fused-ring (bicyclic) bond motifs is 1. The second-order valence-corrected chi connectivity index (χ2v) is 19.8. The van der Waals surface area contributed by atoms with E-state index in [1.165, 1.54) is 48.5 Å². The van der Waals surface area contributed by atoms with Crippen LogP contribution in [-0.2, 0) is 38.1 Å². The zero-order valence-corrected chi connectivity index (χ0v) is 43.9. The molecule has 2 atom stereocenters. The fraction of sp³-hybridized carbons (Fsp3) is 0.421. The van der Waals surface area contributed by atoms with E-state index < -0.39 is 71.1 Å². The van der Waals surface area contributed by atoms with Crippen LogP contribution in [0.2, 0.25) is 0 Å². The Labute approximate surface area is 453 Å². The van der Waals surface area contributed by atoms with Crippen LogP contribution >= 0.6 is 11.3 Å². The predicted octanol–water partition coefficient (Wildman–Crippen LogP) is 9.65. The summed E-state index contributed by atoms with van der Waals surface area (Å²) in [5.41, 5.74) is 1.27. The number of non-ortho nitro benzene ring substituents is 1. The number of rotatable bonds is 26. The average molecular weight is 1100 g/mol. The first-order valence-electron chi connectivity index (χ1n) is 26.0. The van der Waals surface area contributed by atoms with Gasteiger partial charge in [-0.25, -0.2) is 19.4 Å². The summed E-state index contributed by atoms with van der Waals surface area (Å²) in [5, 5.41) is 32.3. The molecule has 20 nitrogen and oxygen atoms in total. The summed E-state index contributed by atoms with van der Waals surface area (Å²) in [6, 6.07) is 21.0. The number of nitrogens with zero attached hydrogens (tertiary/aromatic N) is 2. The number of thiazole rings is 1. The molecule has 1 aromatic heterocycles. The zero-order chi connectivity index (χ0) is 55.6. The van der Waals surface area contributed by atoms with E-state index in [0.29, 0.717) is 117 Å². The molecular formula is C57H62N2O18S. The van der Waals surface area contributed by atoms with Crippen LogP contribution < -0.4 is 18.9 Å². The molecule has 78 heavy (non-hydrogen) atoms. The highest BCUT2D eigenvalue weighted by molar-refractivity contribution is 7.22. The Kier molecular flexibility index (Phi) is 21.4. The number of unbranched alkanes of at least 4 members (excludes halogenated alkanes) is 2. The first-order chi connectivity index (χ1) is 37.7. The molecule has 0 saturated heterocycles. The number of esters is 6. The van der Waals surface area contributed by atoms with Crippen LogP contribution in [0.15, 0.2) is 97.6 Å². The maximum Gasteiger partial charge on any atom is 0.338 e. The number of aliphatic hydroxyl groups is 2. The molecule has 414 valence electrons. The van der Waals surface area contributed by atoms with Gasteiger partial charge in [-0.2, -0.15) is 0 Å². The summed E-state index contributed by atoms with van der Waals surface area (Å²) >= 11 is 1.16. The minimum absolute atomic E-state index is 0.112. The van der Waals surface area contributed by atoms with Crippen molar-refractivity contribution >= 4 is 63.1 Å². The Balaban J connectivity index is 0.900. The van der Waals surface area contributed by atoms with Gasteiger partial charge in [0.2, 0.25) is 0 Å². The zero-order valence-electron chi connectivity index (χ0n) is 43.1. The number of ether oxygens (including phenoxy) is 8. The highest BCUT2D eigenvalue weighted by Crippen LogP contribution is 2.43. The van der Waals surface area contributed by atoms with Crippen LogP contribution in [0.4, 0.5) is 5.69 Å². The number of aromatic nitrogens is 1. The largest absolute Gasteiger partial charge is 0.465 e. The summed E-state index contributed by atoms with van der Waals surface area (Å²) in [4.78, 5) is 92.4. The first kappa shape index (κ1) is 58.1. The number of carbonyl (C=O) groups excluding carboxylic acids is 6. The van der Waals surface area contributed by atoms with Gasteiger partial charge in [0.25, 0.3) is 5.69 Å². The molecule has 4 aromatic carbocycles. The lowest BCUT2D eigenvalue weighted by molar-refractivity contribution is -0.384. The Morgan fingerprint density at radius 2 is 1.14 bits per heavy atom. The monoisotopic (exact) mass is 1090 g/mol. The molecule has 2 aliphatic rings. The highest BCUT2D eigenvalue weighted by Gasteiger charge is 2.35. The molecule has 2 N–H and O–H groups in total. The number of nitro groups is 1. The fourth-order valence-electron chi connectivity index (χ4n) is 8.80. The molecule has 0 amide bonds. The summed E-state index contributed by atoms with van der Waals surface area (Å²) in [6.45, 7) is 6.02. The third kappa shape index (κ3) is 16.5. The lowest BCUT2D eigenvalue weighted by atomic mass is 9.81. The summed E-state index contributed by atoms with van der Waals surface area (Å²) < 4.78 is 44.5. The van der Waals surface area contributed by atoms with Crippen molar-refractivity contribution in [1.29, 1.82) is 0 Å². The minimum atomic E-state index is -1.17. The van der Waals surface area contributed by atoms with Crippen molar-refractivity contribution in [2.45, 2.75) is 103 Å². The summed E-state index contributed by atoms with van der Waals surface area (Å²) in [5.74, 6) is -3.99. The number of carbonyl (C=O) groups is 6. The predicted molar refractivity (Wildman–Crippen MR) is 281 cm³/mol. The topological polar surface area (TPSA) is 273 Å². The van der Waals surface area contributed by atoms with Crippen molar-refractivity contribution < 1.29 is 81.8 Å². The lowest BCUT2D eigenvalue weighted by Crippen LogP contribution is -2.33. The Hall–Kier alpha value is -7.59. The molecule has 5 aromatic rings. The van der Waals surface area contributed by atoms with Gasteiger partial charge in [0.05, 0.1) is 53.6 Å². The summed E-state index contributed by atoms with van der Waals surface area (Å²) in [6.07, 6.45) is 4.92. The number of aliphatic hydroxyl groups excluding tert-OH is 2. The van der Waals surface area contributed by atoms with Gasteiger partial charge in [-0.3, -0.25) is 24.5 Å². The average Bonchev–Trinajstić information content (AvgIpc) is 3.97. The van der Waals surface area contributed by atoms with Crippen LogP contribution in [0.3, 0.4) is 0 Å². The van der Waals surface area contributed by atoms with Crippen LogP contribution in [0.5, 0.6) is 23.0 Å². The molecule has 0 aliphatic heterocycles. The van der Waals surface area contributed by atoms with Crippen LogP contribution in [0, 0.1) is 33.8 Å². The SMILES string of the molecule is C=CC(=O)OCCCCOC(=O)c1ccc(OC(=O)C2CCC(C(=O)Oc3ccc(OC(=O)C4CCC(C(O)Oc5ccc(C(=O)OCCCCOC(O)CC)cc5)CC4)c4nc(-c5ccc([N+](=O)[O-])cc5)sc34)CC2)cc1. The number of hydrogen-bond acceptors (Lipinski definition) is 20. The van der Waals surface area contributed by atoms with Gasteiger partial charge >= 0.3 is 35.8 Å². The molecule has 0 spiro atoms. The van der Waals surface area contributed by atoms with E-state index in [0.717, 1.165) is 17.4 Å². The van der Waals surface area contributed by atoms with Crippen LogP contribution in [-0.4, -0.2) is 94.9 Å². The second kappa shape index (κ2) is 28.7. The van der Waals surface area contributed by atoms with E-state index in [1.807, 2.05) is 6.92 Å². The molecule has 7 rings (SSSR count). The van der Waals surface area contributed by atoms with E-state index >= 15 is 0 Å². The first-order valence-corrected chi connectivity index (χ1v) is 26.8. The van der Waals surface area contributed by atoms with Crippen LogP contribution in [0.25, 0.3) is 20.8 Å². The quantitative estimate of drug-likeness (QED) is 0.00762. The molecular weight excluding hydrogens is 1030 g/mol. The number of hydrogen-bond donors (Lipinski definition) is 2. The van der Waals surface area contributed by atoms with Crippen molar-refractivity contribution in [2.75, 3.05) is 26.4 Å². The number of nitro benzene ring substituents is 1. The lowest BCUT2D eigenvalue weighted by Gasteiger charge is -2.30. The Bertz CT molecular complexity index is 2870. The fourth-order valence-corrected chi connectivity index (χ4v) is 9.84. The highest BCUT2D eigenvalue weighted by atomic mass is 32.1. The minimum Gasteiger partial charge on any atom is -0.465 e. The van der Waals surface area contributed by atoms with E-state index in [1.54, 1.807) is 36.4 Å². The Morgan fingerprint density at radius 1 is 0.654 bits per heavy atom. The van der Waals surface area contributed by atoms with Crippen molar-refractivity contribution in [3.05, 3.63) is 119 Å². The maximum atomic E-state index is 13.7. The normalized spacial score (nSPS) is 17.9. The molecule has 0 bridgehead atoms. The molecule has 0 radical (unpaired) electrons.